The van der Waals surface area contributed by atoms with Crippen LogP contribution < -0.4 is 5.32 Å². The summed E-state index contributed by atoms with van der Waals surface area (Å²) >= 11 is 0. The highest BCUT2D eigenvalue weighted by Gasteiger charge is 2.35. The molecule has 0 radical (unpaired) electrons. The van der Waals surface area contributed by atoms with E-state index in [1.807, 2.05) is 0 Å². The fourth-order valence-corrected chi connectivity index (χ4v) is 1.73. The van der Waals surface area contributed by atoms with Gasteiger partial charge in [0.15, 0.2) is 5.78 Å². The van der Waals surface area contributed by atoms with Gasteiger partial charge < -0.3 is 5.32 Å². The number of ketones is 1. The van der Waals surface area contributed by atoms with Gasteiger partial charge >= 0.3 is 0 Å². The third-order valence-electron chi connectivity index (χ3n) is 2.68. The summed E-state index contributed by atoms with van der Waals surface area (Å²) in [5.74, 6) is 0.399. The molecular formula is C10H19NO. The molecule has 1 fully saturated rings. The molecule has 1 saturated heterocycles. The van der Waals surface area contributed by atoms with Gasteiger partial charge in [-0.05, 0) is 19.4 Å². The lowest BCUT2D eigenvalue weighted by molar-refractivity contribution is -0.131. The minimum atomic E-state index is -0.118. The van der Waals surface area contributed by atoms with Crippen LogP contribution in [-0.4, -0.2) is 18.4 Å². The van der Waals surface area contributed by atoms with Gasteiger partial charge in [-0.2, -0.15) is 0 Å². The lowest BCUT2D eigenvalue weighted by Gasteiger charge is -2.33. The topological polar surface area (TPSA) is 29.1 Å². The molecule has 2 nitrogen and oxygen atoms in total. The smallest absolute Gasteiger partial charge is 0.155 e. The van der Waals surface area contributed by atoms with Crippen molar-refractivity contribution in [3.63, 3.8) is 0 Å². The second kappa shape index (κ2) is 3.56. The average molecular weight is 169 g/mol. The number of rotatable bonds is 4. The molecule has 0 spiro atoms. The van der Waals surface area contributed by atoms with Gasteiger partial charge in [0.05, 0.1) is 6.04 Å². The molecule has 1 rings (SSSR count). The number of hydrogen-bond donors (Lipinski definition) is 1. The maximum atomic E-state index is 11.8. The molecule has 0 aromatic carbocycles. The van der Waals surface area contributed by atoms with Gasteiger partial charge in [-0.25, -0.2) is 0 Å². The Labute approximate surface area is 74.7 Å². The summed E-state index contributed by atoms with van der Waals surface area (Å²) in [6.45, 7) is 7.25. The van der Waals surface area contributed by atoms with Crippen molar-refractivity contribution in [2.75, 3.05) is 6.54 Å². The zero-order chi connectivity index (χ0) is 9.19. The van der Waals surface area contributed by atoms with Crippen LogP contribution in [0.1, 0.15) is 40.0 Å². The molecule has 0 unspecified atom stereocenters. The fraction of sp³-hybridized carbons (Fsp3) is 0.900. The minimum Gasteiger partial charge on any atom is -0.307 e. The van der Waals surface area contributed by atoms with Crippen molar-refractivity contribution in [2.24, 2.45) is 5.41 Å². The van der Waals surface area contributed by atoms with E-state index in [1.165, 1.54) is 0 Å². The van der Waals surface area contributed by atoms with Crippen LogP contribution in [0.2, 0.25) is 0 Å². The largest absolute Gasteiger partial charge is 0.307 e. The van der Waals surface area contributed by atoms with E-state index in [0.717, 1.165) is 25.8 Å². The standard InChI is InChI=1S/C10H19NO/c1-4-6-10(2,3)9(12)8-5-7-11-8/h8,11H,4-7H2,1-3H3/t8-/m0/s1. The van der Waals surface area contributed by atoms with E-state index in [1.54, 1.807) is 0 Å². The molecule has 0 saturated carbocycles. The van der Waals surface area contributed by atoms with Gasteiger partial charge in [0.25, 0.3) is 0 Å². The van der Waals surface area contributed by atoms with Crippen LogP contribution in [-0.2, 0) is 4.79 Å². The van der Waals surface area contributed by atoms with E-state index in [0.29, 0.717) is 5.78 Å². The highest BCUT2D eigenvalue weighted by atomic mass is 16.1. The second-order valence-corrected chi connectivity index (χ2v) is 4.29. The molecule has 0 aliphatic carbocycles. The van der Waals surface area contributed by atoms with Gasteiger partial charge in [0, 0.05) is 5.41 Å². The first kappa shape index (κ1) is 9.72. The van der Waals surface area contributed by atoms with Gasteiger partial charge in [0.2, 0.25) is 0 Å². The number of hydrogen-bond acceptors (Lipinski definition) is 2. The molecule has 0 aromatic rings. The molecule has 1 aliphatic rings. The quantitative estimate of drug-likeness (QED) is 0.694. The minimum absolute atomic E-state index is 0.118. The first-order valence-corrected chi connectivity index (χ1v) is 4.85. The van der Waals surface area contributed by atoms with E-state index >= 15 is 0 Å². The molecule has 0 aromatic heterocycles. The van der Waals surface area contributed by atoms with Crippen LogP contribution in [0.3, 0.4) is 0 Å². The van der Waals surface area contributed by atoms with Crippen LogP contribution in [0.4, 0.5) is 0 Å². The third-order valence-corrected chi connectivity index (χ3v) is 2.68. The lowest BCUT2D eigenvalue weighted by atomic mass is 9.78. The van der Waals surface area contributed by atoms with E-state index in [2.05, 4.69) is 26.1 Å². The zero-order valence-electron chi connectivity index (χ0n) is 8.31. The Kier molecular flexibility index (Phi) is 2.89. The normalized spacial score (nSPS) is 23.4. The van der Waals surface area contributed by atoms with Crippen molar-refractivity contribution in [2.45, 2.75) is 46.1 Å². The summed E-state index contributed by atoms with van der Waals surface area (Å²) in [6.07, 6.45) is 3.13. The summed E-state index contributed by atoms with van der Waals surface area (Å²) in [6, 6.07) is 0.159. The van der Waals surface area contributed by atoms with Crippen molar-refractivity contribution in [1.29, 1.82) is 0 Å². The Hall–Kier alpha value is -0.370. The number of carbonyl (C=O) groups is 1. The Morgan fingerprint density at radius 1 is 1.58 bits per heavy atom. The fourth-order valence-electron chi connectivity index (χ4n) is 1.73. The SMILES string of the molecule is CCCC(C)(C)C(=O)[C@@H]1CCN1. The Balaban J connectivity index is 2.48. The molecule has 1 N–H and O–H groups in total. The van der Waals surface area contributed by atoms with Crippen LogP contribution >= 0.6 is 0 Å². The van der Waals surface area contributed by atoms with Crippen molar-refractivity contribution in [3.8, 4) is 0 Å². The Morgan fingerprint density at radius 2 is 2.17 bits per heavy atom. The summed E-state index contributed by atoms with van der Waals surface area (Å²) in [4.78, 5) is 11.8. The second-order valence-electron chi connectivity index (χ2n) is 4.29. The van der Waals surface area contributed by atoms with Gasteiger partial charge in [-0.3, -0.25) is 4.79 Å². The predicted octanol–water partition coefficient (Wildman–Crippen LogP) is 1.74. The highest BCUT2D eigenvalue weighted by Crippen LogP contribution is 2.27. The molecule has 1 aliphatic heterocycles. The summed E-state index contributed by atoms with van der Waals surface area (Å²) in [7, 11) is 0. The van der Waals surface area contributed by atoms with E-state index in [-0.39, 0.29) is 11.5 Å². The van der Waals surface area contributed by atoms with Gasteiger partial charge in [0.1, 0.15) is 0 Å². The third kappa shape index (κ3) is 1.86. The van der Waals surface area contributed by atoms with Gasteiger partial charge in [-0.1, -0.05) is 27.2 Å². The summed E-state index contributed by atoms with van der Waals surface area (Å²) < 4.78 is 0. The van der Waals surface area contributed by atoms with Crippen LogP contribution in [0.25, 0.3) is 0 Å². The van der Waals surface area contributed by atoms with Crippen LogP contribution in [0.5, 0.6) is 0 Å². The first-order valence-electron chi connectivity index (χ1n) is 4.85. The van der Waals surface area contributed by atoms with Crippen molar-refractivity contribution >= 4 is 5.78 Å². The Morgan fingerprint density at radius 3 is 2.50 bits per heavy atom. The predicted molar refractivity (Wildman–Crippen MR) is 50.1 cm³/mol. The van der Waals surface area contributed by atoms with Crippen molar-refractivity contribution < 1.29 is 4.79 Å². The number of carbonyl (C=O) groups excluding carboxylic acids is 1. The zero-order valence-corrected chi connectivity index (χ0v) is 8.31. The van der Waals surface area contributed by atoms with Gasteiger partial charge in [-0.15, -0.1) is 0 Å². The number of nitrogens with one attached hydrogen (secondary N) is 1. The van der Waals surface area contributed by atoms with E-state index < -0.39 is 0 Å². The Bertz CT molecular complexity index is 171. The summed E-state index contributed by atoms with van der Waals surface area (Å²) in [5.41, 5.74) is -0.118. The first-order chi connectivity index (χ1) is 5.58. The van der Waals surface area contributed by atoms with Crippen molar-refractivity contribution in [3.05, 3.63) is 0 Å². The molecule has 0 amide bonds. The molecule has 0 bridgehead atoms. The summed E-state index contributed by atoms with van der Waals surface area (Å²) in [5, 5.41) is 3.16. The van der Waals surface area contributed by atoms with Crippen LogP contribution in [0.15, 0.2) is 0 Å². The molecule has 70 valence electrons. The van der Waals surface area contributed by atoms with Crippen molar-refractivity contribution in [1.82, 2.24) is 5.32 Å². The lowest BCUT2D eigenvalue weighted by Crippen LogP contribution is -2.52. The number of Topliss-reactive ketones (excluding diaryl/α,β-unsaturated/α-hetero) is 1. The molecular weight excluding hydrogens is 150 g/mol. The van der Waals surface area contributed by atoms with E-state index in [4.69, 9.17) is 0 Å². The maximum Gasteiger partial charge on any atom is 0.155 e. The molecule has 1 atom stereocenters. The molecule has 12 heavy (non-hydrogen) atoms. The van der Waals surface area contributed by atoms with E-state index in [9.17, 15) is 4.79 Å². The maximum absolute atomic E-state index is 11.8. The molecule has 1 heterocycles. The van der Waals surface area contributed by atoms with Crippen LogP contribution in [0, 0.1) is 5.41 Å². The highest BCUT2D eigenvalue weighted by molar-refractivity contribution is 5.89. The average Bonchev–Trinajstić information content (AvgIpc) is 1.83. The molecule has 2 heteroatoms. The monoisotopic (exact) mass is 169 g/mol.